The molecule has 4 aromatic rings. The highest BCUT2D eigenvalue weighted by Gasteiger charge is 2.35. The van der Waals surface area contributed by atoms with Gasteiger partial charge in [0.2, 0.25) is 11.8 Å². The third-order valence-electron chi connectivity index (χ3n) is 7.85. The Labute approximate surface area is 290 Å². The number of amides is 2. The number of hydrogen-bond acceptors (Lipinski definition) is 5. The predicted molar refractivity (Wildman–Crippen MR) is 190 cm³/mol. The van der Waals surface area contributed by atoms with Gasteiger partial charge in [0, 0.05) is 24.0 Å². The minimum Gasteiger partial charge on any atom is -0.496 e. The summed E-state index contributed by atoms with van der Waals surface area (Å²) in [7, 11) is -2.78. The lowest BCUT2D eigenvalue weighted by Crippen LogP contribution is -2.54. The first-order chi connectivity index (χ1) is 22.4. The molecule has 2 amide bonds. The molecular weight excluding hydrogens is 702 g/mol. The van der Waals surface area contributed by atoms with Gasteiger partial charge in [0.05, 0.1) is 22.2 Å². The second-order valence-corrected chi connectivity index (χ2v) is 14.5. The lowest BCUT2D eigenvalue weighted by Gasteiger charge is -2.34. The van der Waals surface area contributed by atoms with Crippen molar-refractivity contribution in [3.05, 3.63) is 123 Å². The molecule has 2 unspecified atom stereocenters. The van der Waals surface area contributed by atoms with Gasteiger partial charge in [0.1, 0.15) is 18.3 Å². The van der Waals surface area contributed by atoms with Gasteiger partial charge in [-0.25, -0.2) is 8.42 Å². The number of nitrogens with zero attached hydrogens (tertiary/aromatic N) is 2. The number of hydrogen-bond donors (Lipinski definition) is 1. The predicted octanol–water partition coefficient (Wildman–Crippen LogP) is 7.17. The molecule has 47 heavy (non-hydrogen) atoms. The van der Waals surface area contributed by atoms with Crippen molar-refractivity contribution in [2.24, 2.45) is 0 Å². The normalized spacial score (nSPS) is 12.6. The van der Waals surface area contributed by atoms with Gasteiger partial charge in [0.25, 0.3) is 10.0 Å². The summed E-state index contributed by atoms with van der Waals surface area (Å²) in [4.78, 5) is 30.0. The molecule has 0 aliphatic heterocycles. The van der Waals surface area contributed by atoms with Crippen LogP contribution < -0.4 is 14.4 Å². The summed E-state index contributed by atoms with van der Waals surface area (Å²) in [6.45, 7) is 5.27. The Bertz CT molecular complexity index is 1770. The molecule has 0 aliphatic carbocycles. The Morgan fingerprint density at radius 1 is 0.936 bits per heavy atom. The lowest BCUT2D eigenvalue weighted by molar-refractivity contribution is -0.140. The molecule has 11 heteroatoms. The molecule has 0 radical (unpaired) electrons. The zero-order chi connectivity index (χ0) is 34.1. The quantitative estimate of drug-likeness (QED) is 0.148. The molecule has 4 rings (SSSR count). The topological polar surface area (TPSA) is 96.0 Å². The number of carbonyl (C=O) groups excluding carboxylic acids is 2. The van der Waals surface area contributed by atoms with Crippen molar-refractivity contribution < 1.29 is 22.7 Å². The van der Waals surface area contributed by atoms with E-state index in [2.05, 4.69) is 21.2 Å². The number of nitrogens with one attached hydrogen (secondary N) is 1. The third-order valence-corrected chi connectivity index (χ3v) is 10.5. The second kappa shape index (κ2) is 16.3. The van der Waals surface area contributed by atoms with Crippen molar-refractivity contribution in [2.45, 2.75) is 57.1 Å². The van der Waals surface area contributed by atoms with Crippen molar-refractivity contribution in [1.82, 2.24) is 10.2 Å². The second-order valence-electron chi connectivity index (χ2n) is 11.3. The summed E-state index contributed by atoms with van der Waals surface area (Å²) in [6.07, 6.45) is 0.928. The summed E-state index contributed by atoms with van der Waals surface area (Å²) in [5, 5.41) is 3.57. The van der Waals surface area contributed by atoms with Crippen molar-refractivity contribution >= 4 is 55.1 Å². The molecule has 0 spiro atoms. The van der Waals surface area contributed by atoms with E-state index in [0.717, 1.165) is 21.0 Å². The average Bonchev–Trinajstić information content (AvgIpc) is 3.06. The van der Waals surface area contributed by atoms with Crippen LogP contribution in [0.4, 0.5) is 5.69 Å². The Kier molecular flexibility index (Phi) is 12.5. The largest absolute Gasteiger partial charge is 0.496 e. The first kappa shape index (κ1) is 36.0. The van der Waals surface area contributed by atoms with Crippen molar-refractivity contribution in [2.75, 3.05) is 18.0 Å². The van der Waals surface area contributed by atoms with Crippen molar-refractivity contribution in [3.8, 4) is 5.75 Å². The van der Waals surface area contributed by atoms with E-state index in [0.29, 0.717) is 27.4 Å². The Morgan fingerprint density at radius 3 is 2.19 bits per heavy atom. The number of ether oxygens (including phenoxy) is 1. The molecule has 8 nitrogen and oxygen atoms in total. The van der Waals surface area contributed by atoms with Crippen LogP contribution in [0.5, 0.6) is 5.75 Å². The molecule has 0 aliphatic rings. The molecule has 0 saturated heterocycles. The minimum absolute atomic E-state index is 0.0295. The smallest absolute Gasteiger partial charge is 0.264 e. The van der Waals surface area contributed by atoms with Crippen molar-refractivity contribution in [3.63, 3.8) is 0 Å². The van der Waals surface area contributed by atoms with E-state index in [4.69, 9.17) is 16.3 Å². The molecule has 0 bridgehead atoms. The summed E-state index contributed by atoms with van der Waals surface area (Å²) >= 11 is 9.55. The number of halogens is 2. The number of anilines is 1. The van der Waals surface area contributed by atoms with Crippen LogP contribution in [0.15, 0.2) is 106 Å². The van der Waals surface area contributed by atoms with Crippen LogP contribution in [0.3, 0.4) is 0 Å². The van der Waals surface area contributed by atoms with Crippen LogP contribution in [0.25, 0.3) is 0 Å². The summed E-state index contributed by atoms with van der Waals surface area (Å²) < 4.78 is 35.4. The first-order valence-corrected chi connectivity index (χ1v) is 17.8. The van der Waals surface area contributed by atoms with Crippen LogP contribution >= 0.6 is 27.5 Å². The number of rotatable bonds is 14. The van der Waals surface area contributed by atoms with E-state index in [1.54, 1.807) is 54.6 Å². The summed E-state index contributed by atoms with van der Waals surface area (Å²) in [6, 6.07) is 26.7. The maximum absolute atomic E-state index is 14.6. The third kappa shape index (κ3) is 9.37. The van der Waals surface area contributed by atoms with Gasteiger partial charge < -0.3 is 15.0 Å². The maximum Gasteiger partial charge on any atom is 0.264 e. The molecule has 0 heterocycles. The monoisotopic (exact) mass is 739 g/mol. The van der Waals surface area contributed by atoms with E-state index in [9.17, 15) is 18.0 Å². The number of sulfonamides is 1. The fourth-order valence-electron chi connectivity index (χ4n) is 4.96. The van der Waals surface area contributed by atoms with Gasteiger partial charge in [-0.1, -0.05) is 78.7 Å². The SMILES string of the molecule is CCC(C)NC(=O)C(Cc1ccccc1)N(Cc1ccc(Cl)cc1)C(=O)CN(c1ccc(C)cc1)S(=O)(=O)c1ccc(OC)c(Br)c1. The molecule has 248 valence electrons. The maximum atomic E-state index is 14.6. The lowest BCUT2D eigenvalue weighted by atomic mass is 10.0. The van der Waals surface area contributed by atoms with Crippen LogP contribution in [0, 0.1) is 6.92 Å². The van der Waals surface area contributed by atoms with Crippen LogP contribution in [-0.2, 0) is 32.6 Å². The summed E-state index contributed by atoms with van der Waals surface area (Å²) in [5.41, 5.74) is 2.84. The number of carbonyl (C=O) groups is 2. The molecule has 0 fully saturated rings. The van der Waals surface area contributed by atoms with E-state index in [-0.39, 0.29) is 29.8 Å². The first-order valence-electron chi connectivity index (χ1n) is 15.2. The minimum atomic E-state index is -4.27. The zero-order valence-electron chi connectivity index (χ0n) is 26.8. The van der Waals surface area contributed by atoms with Gasteiger partial charge in [-0.05, 0) is 89.8 Å². The summed E-state index contributed by atoms with van der Waals surface area (Å²) in [5.74, 6) is -0.404. The molecule has 1 N–H and O–H groups in total. The van der Waals surface area contributed by atoms with Crippen LogP contribution in [0.2, 0.25) is 5.02 Å². The molecule has 2 atom stereocenters. The van der Waals surface area contributed by atoms with E-state index < -0.39 is 28.5 Å². The number of aryl methyl sites for hydroxylation is 1. The molecule has 4 aromatic carbocycles. The fraction of sp³-hybridized carbons (Fsp3) is 0.278. The Hall–Kier alpha value is -3.86. The highest BCUT2D eigenvalue weighted by atomic mass is 79.9. The molecule has 0 aromatic heterocycles. The van der Waals surface area contributed by atoms with Crippen LogP contribution in [0.1, 0.15) is 37.0 Å². The highest BCUT2D eigenvalue weighted by Crippen LogP contribution is 2.31. The van der Waals surface area contributed by atoms with Gasteiger partial charge in [-0.15, -0.1) is 0 Å². The van der Waals surface area contributed by atoms with Gasteiger partial charge in [-0.3, -0.25) is 13.9 Å². The molecular formula is C36H39BrClN3O5S. The number of methoxy groups -OCH3 is 1. The fourth-order valence-corrected chi connectivity index (χ4v) is 7.22. The van der Waals surface area contributed by atoms with Gasteiger partial charge in [-0.2, -0.15) is 0 Å². The Balaban J connectivity index is 1.81. The average molecular weight is 741 g/mol. The standard InChI is InChI=1S/C36H39BrClN3O5S/c1-5-26(3)39-36(43)33(21-27-9-7-6-8-10-27)40(23-28-13-15-29(38)16-14-28)35(42)24-41(30-17-11-25(2)12-18-30)47(44,45)31-19-20-34(46-4)32(37)22-31/h6-20,22,26,33H,5,21,23-24H2,1-4H3,(H,39,43). The van der Waals surface area contributed by atoms with Crippen LogP contribution in [-0.4, -0.2) is 50.9 Å². The molecule has 0 saturated carbocycles. The highest BCUT2D eigenvalue weighted by molar-refractivity contribution is 9.10. The zero-order valence-corrected chi connectivity index (χ0v) is 30.0. The Morgan fingerprint density at radius 2 is 1.60 bits per heavy atom. The van der Waals surface area contributed by atoms with Gasteiger partial charge in [0.15, 0.2) is 0 Å². The van der Waals surface area contributed by atoms with E-state index in [1.165, 1.54) is 24.1 Å². The van der Waals surface area contributed by atoms with Gasteiger partial charge >= 0.3 is 0 Å². The number of benzene rings is 4. The van der Waals surface area contributed by atoms with E-state index >= 15 is 0 Å². The van der Waals surface area contributed by atoms with E-state index in [1.807, 2.05) is 51.1 Å². The van der Waals surface area contributed by atoms with Crippen molar-refractivity contribution in [1.29, 1.82) is 0 Å².